The maximum Gasteiger partial charge on any atom is 0.307 e. The molecule has 1 aliphatic rings. The summed E-state index contributed by atoms with van der Waals surface area (Å²) in [4.78, 5) is 13.9. The van der Waals surface area contributed by atoms with Crippen LogP contribution in [0.15, 0.2) is 22.7 Å². The smallest absolute Gasteiger partial charge is 0.307 e. The van der Waals surface area contributed by atoms with Gasteiger partial charge in [0.2, 0.25) is 0 Å². The number of carbonyl (C=O) groups excluding carboxylic acids is 1. The normalized spacial score (nSPS) is 17.6. The van der Waals surface area contributed by atoms with Crippen molar-refractivity contribution in [2.75, 3.05) is 13.6 Å². The molecule has 4 heteroatoms. The summed E-state index contributed by atoms with van der Waals surface area (Å²) in [7, 11) is 2.09. The molecule has 0 spiro atoms. The molecule has 20 heavy (non-hydrogen) atoms. The molecule has 110 valence electrons. The average Bonchev–Trinajstić information content (AvgIpc) is 2.78. The van der Waals surface area contributed by atoms with E-state index >= 15 is 0 Å². The van der Waals surface area contributed by atoms with Gasteiger partial charge in [0.15, 0.2) is 0 Å². The molecule has 0 N–H and O–H groups in total. The number of benzene rings is 1. The largest absolute Gasteiger partial charge is 0.463 e. The van der Waals surface area contributed by atoms with E-state index in [0.717, 1.165) is 23.9 Å². The highest BCUT2D eigenvalue weighted by atomic mass is 79.9. The Balaban J connectivity index is 1.92. The first-order valence-corrected chi connectivity index (χ1v) is 7.94. The van der Waals surface area contributed by atoms with Crippen molar-refractivity contribution in [2.24, 2.45) is 0 Å². The van der Waals surface area contributed by atoms with Crippen LogP contribution in [-0.4, -0.2) is 30.6 Å². The zero-order valence-corrected chi connectivity index (χ0v) is 13.9. The molecule has 0 amide bonds. The molecule has 1 aromatic carbocycles. The minimum absolute atomic E-state index is 0.0302. The maximum atomic E-state index is 11.6. The summed E-state index contributed by atoms with van der Waals surface area (Å²) in [6.07, 6.45) is 2.66. The quantitative estimate of drug-likeness (QED) is 0.766. The van der Waals surface area contributed by atoms with Crippen molar-refractivity contribution in [3.63, 3.8) is 0 Å². The van der Waals surface area contributed by atoms with Crippen LogP contribution in [0.25, 0.3) is 0 Å². The van der Waals surface area contributed by atoms with E-state index < -0.39 is 0 Å². The molecule has 1 aromatic rings. The van der Waals surface area contributed by atoms with Crippen LogP contribution in [0, 0.1) is 0 Å². The summed E-state index contributed by atoms with van der Waals surface area (Å²) in [6.45, 7) is 4.51. The Bertz CT molecular complexity index is 487. The Labute approximate surface area is 129 Å². The van der Waals surface area contributed by atoms with Gasteiger partial charge < -0.3 is 4.74 Å². The van der Waals surface area contributed by atoms with Crippen molar-refractivity contribution in [1.82, 2.24) is 4.90 Å². The van der Waals surface area contributed by atoms with Gasteiger partial charge in [-0.3, -0.25) is 9.69 Å². The second kappa shape index (κ2) is 6.72. The van der Waals surface area contributed by atoms with E-state index in [2.05, 4.69) is 46.1 Å². The predicted molar refractivity (Wildman–Crippen MR) is 83.7 cm³/mol. The molecule has 0 fully saturated rings. The molecule has 0 bridgehead atoms. The van der Waals surface area contributed by atoms with Crippen molar-refractivity contribution in [3.05, 3.63) is 33.8 Å². The number of nitrogens with zero attached hydrogens (tertiary/aromatic N) is 1. The fraction of sp³-hybridized carbons (Fsp3) is 0.562. The standard InChI is InChI=1S/C16H22BrNO2/c1-11(2)20-16(19)8-9-18(3)15-7-4-12-10-13(17)5-6-14(12)15/h5-6,10-11,15H,4,7-9H2,1-3H3. The first kappa shape index (κ1) is 15.5. The number of hydrogen-bond donors (Lipinski definition) is 0. The van der Waals surface area contributed by atoms with Crippen LogP contribution in [0.5, 0.6) is 0 Å². The molecule has 0 saturated heterocycles. The highest BCUT2D eigenvalue weighted by molar-refractivity contribution is 9.10. The summed E-state index contributed by atoms with van der Waals surface area (Å²) < 4.78 is 6.32. The lowest BCUT2D eigenvalue weighted by molar-refractivity contribution is -0.147. The molecule has 0 radical (unpaired) electrons. The van der Waals surface area contributed by atoms with Crippen molar-refractivity contribution in [3.8, 4) is 0 Å². The lowest BCUT2D eigenvalue weighted by Gasteiger charge is -2.25. The molecule has 1 aliphatic carbocycles. The number of fused-ring (bicyclic) bond motifs is 1. The monoisotopic (exact) mass is 339 g/mol. The number of carbonyl (C=O) groups is 1. The fourth-order valence-electron chi connectivity index (χ4n) is 2.77. The number of rotatable bonds is 5. The first-order valence-electron chi connectivity index (χ1n) is 7.15. The summed E-state index contributed by atoms with van der Waals surface area (Å²) in [5, 5.41) is 0. The lowest BCUT2D eigenvalue weighted by atomic mass is 10.1. The van der Waals surface area contributed by atoms with E-state index in [4.69, 9.17) is 4.74 Å². The summed E-state index contributed by atoms with van der Waals surface area (Å²) in [5.41, 5.74) is 2.81. The summed E-state index contributed by atoms with van der Waals surface area (Å²) >= 11 is 3.52. The highest BCUT2D eigenvalue weighted by Gasteiger charge is 2.26. The Morgan fingerprint density at radius 3 is 2.95 bits per heavy atom. The van der Waals surface area contributed by atoms with Gasteiger partial charge in [-0.25, -0.2) is 0 Å². The minimum atomic E-state index is -0.110. The van der Waals surface area contributed by atoms with Gasteiger partial charge in [-0.1, -0.05) is 22.0 Å². The fourth-order valence-corrected chi connectivity index (χ4v) is 3.18. The van der Waals surface area contributed by atoms with Crippen LogP contribution >= 0.6 is 15.9 Å². The summed E-state index contributed by atoms with van der Waals surface area (Å²) in [6, 6.07) is 6.92. The Morgan fingerprint density at radius 1 is 1.50 bits per heavy atom. The molecular formula is C16H22BrNO2. The van der Waals surface area contributed by atoms with Crippen LogP contribution in [0.4, 0.5) is 0 Å². The molecule has 0 aromatic heterocycles. The van der Waals surface area contributed by atoms with Crippen molar-refractivity contribution < 1.29 is 9.53 Å². The zero-order chi connectivity index (χ0) is 14.7. The number of esters is 1. The Morgan fingerprint density at radius 2 is 2.25 bits per heavy atom. The van der Waals surface area contributed by atoms with Crippen molar-refractivity contribution in [2.45, 2.75) is 45.3 Å². The van der Waals surface area contributed by atoms with Gasteiger partial charge >= 0.3 is 5.97 Å². The minimum Gasteiger partial charge on any atom is -0.463 e. The molecule has 3 nitrogen and oxygen atoms in total. The first-order chi connectivity index (χ1) is 9.47. The number of aryl methyl sites for hydroxylation is 1. The molecule has 0 saturated carbocycles. The van der Waals surface area contributed by atoms with Gasteiger partial charge in [0.25, 0.3) is 0 Å². The SMILES string of the molecule is CC(C)OC(=O)CCN(C)C1CCc2cc(Br)ccc21. The van der Waals surface area contributed by atoms with E-state index in [0.29, 0.717) is 12.5 Å². The van der Waals surface area contributed by atoms with E-state index in [1.807, 2.05) is 13.8 Å². The van der Waals surface area contributed by atoms with Gasteiger partial charge in [-0.05, 0) is 57.0 Å². The third-order valence-corrected chi connectivity index (χ3v) is 4.21. The zero-order valence-electron chi connectivity index (χ0n) is 12.4. The van der Waals surface area contributed by atoms with Crippen LogP contribution in [0.3, 0.4) is 0 Å². The van der Waals surface area contributed by atoms with Crippen molar-refractivity contribution >= 4 is 21.9 Å². The average molecular weight is 340 g/mol. The van der Waals surface area contributed by atoms with E-state index in [1.54, 1.807) is 0 Å². The molecular weight excluding hydrogens is 318 g/mol. The Kier molecular flexibility index (Phi) is 5.22. The van der Waals surface area contributed by atoms with E-state index in [-0.39, 0.29) is 12.1 Å². The van der Waals surface area contributed by atoms with Crippen LogP contribution in [0.1, 0.15) is 43.9 Å². The number of halogens is 1. The third kappa shape index (κ3) is 3.83. The van der Waals surface area contributed by atoms with Crippen molar-refractivity contribution in [1.29, 1.82) is 0 Å². The molecule has 1 unspecified atom stereocenters. The lowest BCUT2D eigenvalue weighted by Crippen LogP contribution is -2.26. The molecule has 0 heterocycles. The van der Waals surface area contributed by atoms with E-state index in [9.17, 15) is 4.79 Å². The maximum absolute atomic E-state index is 11.6. The highest BCUT2D eigenvalue weighted by Crippen LogP contribution is 2.36. The number of hydrogen-bond acceptors (Lipinski definition) is 3. The topological polar surface area (TPSA) is 29.5 Å². The second-order valence-electron chi connectivity index (χ2n) is 5.67. The van der Waals surface area contributed by atoms with Crippen LogP contribution in [-0.2, 0) is 16.0 Å². The van der Waals surface area contributed by atoms with Gasteiger partial charge in [0.1, 0.15) is 0 Å². The third-order valence-electron chi connectivity index (χ3n) is 3.72. The van der Waals surface area contributed by atoms with Crippen LogP contribution < -0.4 is 0 Å². The van der Waals surface area contributed by atoms with Gasteiger partial charge in [-0.15, -0.1) is 0 Å². The van der Waals surface area contributed by atoms with Gasteiger partial charge in [0.05, 0.1) is 12.5 Å². The molecule has 1 atom stereocenters. The molecule has 0 aliphatic heterocycles. The van der Waals surface area contributed by atoms with E-state index in [1.165, 1.54) is 11.1 Å². The predicted octanol–water partition coefficient (Wildman–Crippen LogP) is 3.71. The molecule has 2 rings (SSSR count). The summed E-state index contributed by atoms with van der Waals surface area (Å²) in [5.74, 6) is -0.110. The van der Waals surface area contributed by atoms with Crippen LogP contribution in [0.2, 0.25) is 0 Å². The van der Waals surface area contributed by atoms with Gasteiger partial charge in [-0.2, -0.15) is 0 Å². The Hall–Kier alpha value is -0.870. The van der Waals surface area contributed by atoms with Gasteiger partial charge in [0, 0.05) is 17.1 Å². The second-order valence-corrected chi connectivity index (χ2v) is 6.58. The number of ether oxygens (including phenoxy) is 1.